The van der Waals surface area contributed by atoms with Crippen LogP contribution in [0, 0.1) is 4.64 Å². The minimum atomic E-state index is -2.53. The lowest BCUT2D eigenvalue weighted by atomic mass is 9.78. The van der Waals surface area contributed by atoms with E-state index >= 15 is 0 Å². The Bertz CT molecular complexity index is 680. The topological polar surface area (TPSA) is 59.3 Å². The lowest BCUT2D eigenvalue weighted by Gasteiger charge is -2.29. The maximum absolute atomic E-state index is 11.3. The summed E-state index contributed by atoms with van der Waals surface area (Å²) in [6.45, 7) is 0. The zero-order valence-corrected chi connectivity index (χ0v) is 11.0. The maximum Gasteiger partial charge on any atom is 0.242 e. The second kappa shape index (κ2) is 5.04. The monoisotopic (exact) mass is 285 g/mol. The molecule has 0 fully saturated rings. The molecule has 0 spiro atoms. The number of alkyl halides is 1. The van der Waals surface area contributed by atoms with E-state index in [2.05, 4.69) is 0 Å². The Kier molecular flexibility index (Phi) is 3.63. The molecule has 1 aromatic heterocycles. The fourth-order valence-corrected chi connectivity index (χ4v) is 3.07. The minimum absolute atomic E-state index is 0.155. The molecule has 1 N–H and O–H groups in total. The van der Waals surface area contributed by atoms with Gasteiger partial charge in [0, 0.05) is 23.1 Å². The Morgan fingerprint density at radius 2 is 2.22 bits per heavy atom. The lowest BCUT2D eigenvalue weighted by molar-refractivity contribution is 0.178. The molecule has 0 saturated carbocycles. The second-order valence-electron chi connectivity index (χ2n) is 4.09. The normalized spacial score (nSPS) is 22.1. The molecule has 1 unspecified atom stereocenters. The number of nitrogens with zero attached hydrogens (tertiary/aromatic N) is 1. The highest BCUT2D eigenvalue weighted by Gasteiger charge is 2.31. The van der Waals surface area contributed by atoms with Crippen LogP contribution in [0.15, 0.2) is 42.6 Å². The van der Waals surface area contributed by atoms with Crippen LogP contribution in [-0.2, 0) is 15.7 Å². The average Bonchev–Trinajstić information content (AvgIpc) is 2.38. The lowest BCUT2D eigenvalue weighted by Crippen LogP contribution is -2.28. The Morgan fingerprint density at radius 1 is 1.44 bits per heavy atom. The van der Waals surface area contributed by atoms with Gasteiger partial charge in [-0.3, -0.25) is 0 Å². The maximum atomic E-state index is 11.3. The highest BCUT2D eigenvalue weighted by Crippen LogP contribution is 2.34. The molecular weight excluding hydrogens is 274 g/mol. The first-order chi connectivity index (χ1) is 8.60. The van der Waals surface area contributed by atoms with E-state index < -0.39 is 15.7 Å². The number of allylic oxidation sites excluding steroid dienone is 4. The van der Waals surface area contributed by atoms with Crippen LogP contribution in [0.4, 0.5) is 0 Å². The van der Waals surface area contributed by atoms with Crippen molar-refractivity contribution >= 4 is 21.9 Å². The van der Waals surface area contributed by atoms with Crippen molar-refractivity contribution < 1.29 is 13.6 Å². The first-order valence-corrected chi connectivity index (χ1v) is 6.96. The van der Waals surface area contributed by atoms with Crippen LogP contribution in [-0.4, -0.2) is 24.2 Å². The molecule has 0 saturated heterocycles. The number of hydrogen-bond acceptors (Lipinski definition) is 3. The Morgan fingerprint density at radius 3 is 2.78 bits per heavy atom. The summed E-state index contributed by atoms with van der Waals surface area (Å²) in [5, 5.41) is 9.64. The van der Waals surface area contributed by atoms with Crippen molar-refractivity contribution in [2.24, 2.45) is 0 Å². The van der Waals surface area contributed by atoms with E-state index in [0.717, 1.165) is 0 Å². The summed E-state index contributed by atoms with van der Waals surface area (Å²) in [4.78, 5) is 0. The third-order valence-electron chi connectivity index (χ3n) is 3.01. The van der Waals surface area contributed by atoms with Gasteiger partial charge in [-0.15, -0.1) is 11.6 Å². The average molecular weight is 286 g/mol. The summed E-state index contributed by atoms with van der Waals surface area (Å²) in [5.74, 6) is 0.238. The minimum Gasteiger partial charge on any atom is -0.427 e. The van der Waals surface area contributed by atoms with Gasteiger partial charge in [0.25, 0.3) is 0 Å². The highest BCUT2D eigenvalue weighted by atomic mass is 35.5. The third kappa shape index (κ3) is 2.11. The van der Waals surface area contributed by atoms with Crippen LogP contribution < -0.4 is 0 Å². The molecule has 6 heteroatoms. The first kappa shape index (κ1) is 13.0. The summed E-state index contributed by atoms with van der Waals surface area (Å²) in [7, 11) is -2.53. The number of aromatic nitrogens is 1. The van der Waals surface area contributed by atoms with E-state index in [4.69, 9.17) is 11.6 Å². The molecule has 96 valence electrons. The predicted octanol–water partition coefficient (Wildman–Crippen LogP) is 2.13. The Balaban J connectivity index is 2.81. The summed E-state index contributed by atoms with van der Waals surface area (Å²) in [6, 6.07) is 3.26. The molecular formula is C12H12ClNO3S. The zero-order valence-electron chi connectivity index (χ0n) is 9.45. The van der Waals surface area contributed by atoms with Gasteiger partial charge in [0.2, 0.25) is 14.9 Å². The van der Waals surface area contributed by atoms with Gasteiger partial charge in [0.05, 0.1) is 0 Å². The van der Waals surface area contributed by atoms with Crippen molar-refractivity contribution in [2.45, 2.75) is 11.8 Å². The van der Waals surface area contributed by atoms with Gasteiger partial charge in [-0.25, -0.2) is 0 Å². The zero-order chi connectivity index (χ0) is 13.2. The van der Waals surface area contributed by atoms with Crippen LogP contribution in [0.3, 0.4) is 0 Å². The number of pyridine rings is 1. The summed E-state index contributed by atoms with van der Waals surface area (Å²) >= 11 is 6.02. The molecule has 2 rings (SSSR count). The summed E-state index contributed by atoms with van der Waals surface area (Å²) in [6.07, 6.45) is 9.38. The summed E-state index contributed by atoms with van der Waals surface area (Å²) in [5.41, 5.74) is -0.103. The fourth-order valence-electron chi connectivity index (χ4n) is 2.06. The van der Waals surface area contributed by atoms with Gasteiger partial charge >= 0.3 is 0 Å². The van der Waals surface area contributed by atoms with Gasteiger partial charge in [-0.2, -0.15) is 13.1 Å². The molecule has 0 radical (unpaired) electrons. The molecule has 1 aliphatic rings. The molecule has 1 heterocycles. The van der Waals surface area contributed by atoms with Gasteiger partial charge < -0.3 is 5.21 Å². The molecule has 0 amide bonds. The smallest absolute Gasteiger partial charge is 0.242 e. The molecule has 4 nitrogen and oxygen atoms in total. The molecule has 18 heavy (non-hydrogen) atoms. The van der Waals surface area contributed by atoms with Crippen molar-refractivity contribution in [3.8, 4) is 0 Å². The molecule has 0 aliphatic heterocycles. The quantitative estimate of drug-likeness (QED) is 0.514. The van der Waals surface area contributed by atoms with Crippen LogP contribution in [0.25, 0.3) is 0 Å². The van der Waals surface area contributed by atoms with Crippen LogP contribution in [0.5, 0.6) is 0 Å². The van der Waals surface area contributed by atoms with Gasteiger partial charge in [-0.05, 0) is 12.5 Å². The van der Waals surface area contributed by atoms with Crippen LogP contribution >= 0.6 is 11.6 Å². The van der Waals surface area contributed by atoms with Crippen molar-refractivity contribution in [3.63, 3.8) is 0 Å². The first-order valence-electron chi connectivity index (χ1n) is 5.35. The van der Waals surface area contributed by atoms with E-state index in [1.54, 1.807) is 12.1 Å². The Hall–Kier alpha value is -1.46. The third-order valence-corrected chi connectivity index (χ3v) is 4.21. The van der Waals surface area contributed by atoms with Crippen molar-refractivity contribution in [2.75, 3.05) is 5.88 Å². The van der Waals surface area contributed by atoms with Crippen molar-refractivity contribution in [3.05, 3.63) is 52.8 Å². The highest BCUT2D eigenvalue weighted by molar-refractivity contribution is 7.63. The SMILES string of the molecule is O=S(=O)=c1c(C2(CCl)C=CC=CC2)cccn1O. The molecule has 1 aliphatic carbocycles. The number of rotatable bonds is 2. The van der Waals surface area contributed by atoms with Gasteiger partial charge in [-0.1, -0.05) is 30.4 Å². The van der Waals surface area contributed by atoms with E-state index in [1.807, 2.05) is 24.3 Å². The van der Waals surface area contributed by atoms with E-state index in [9.17, 15) is 13.6 Å². The molecule has 1 atom stereocenters. The molecule has 0 bridgehead atoms. The van der Waals surface area contributed by atoms with E-state index in [-0.39, 0.29) is 10.5 Å². The van der Waals surface area contributed by atoms with Gasteiger partial charge in [0.15, 0.2) is 0 Å². The standard InChI is InChI=1S/C12H12ClNO3S/c13-9-12(6-2-1-3-7-12)10-5-4-8-14(15)11(10)18(16)17/h1-6,8,15H,7,9H2. The summed E-state index contributed by atoms with van der Waals surface area (Å²) < 4.78 is 23.0. The van der Waals surface area contributed by atoms with E-state index in [0.29, 0.717) is 16.7 Å². The number of hydrogen-bond donors (Lipinski definition) is 1. The van der Waals surface area contributed by atoms with Crippen molar-refractivity contribution in [1.82, 2.24) is 4.73 Å². The second-order valence-corrected chi connectivity index (χ2v) is 5.21. The fraction of sp³-hybridized carbons (Fsp3) is 0.250. The van der Waals surface area contributed by atoms with E-state index in [1.165, 1.54) is 6.20 Å². The molecule has 1 aromatic rings. The Labute approximate surface area is 111 Å². The number of halogens is 1. The predicted molar refractivity (Wildman–Crippen MR) is 69.1 cm³/mol. The van der Waals surface area contributed by atoms with Gasteiger partial charge in [0.1, 0.15) is 0 Å². The molecule has 0 aromatic carbocycles. The van der Waals surface area contributed by atoms with Crippen LogP contribution in [0.1, 0.15) is 12.0 Å². The largest absolute Gasteiger partial charge is 0.427 e. The van der Waals surface area contributed by atoms with Crippen LogP contribution in [0.2, 0.25) is 0 Å². The van der Waals surface area contributed by atoms with Crippen molar-refractivity contribution in [1.29, 1.82) is 0 Å².